The Morgan fingerprint density at radius 2 is 1.69 bits per heavy atom. The van der Waals surface area contributed by atoms with Gasteiger partial charge in [-0.05, 0) is 56.2 Å². The molecule has 3 aromatic rings. The highest BCUT2D eigenvalue weighted by molar-refractivity contribution is 6.11. The molecule has 3 amide bonds. The summed E-state index contributed by atoms with van der Waals surface area (Å²) in [4.78, 5) is 47.2. The number of benzene rings is 1. The molecule has 2 aromatic heterocycles. The number of fused-ring (bicyclic) bond motifs is 1. The van der Waals surface area contributed by atoms with Crippen molar-refractivity contribution in [1.29, 1.82) is 0 Å². The smallest absolute Gasteiger partial charge is 0.323 e. The van der Waals surface area contributed by atoms with Crippen molar-refractivity contribution in [2.75, 3.05) is 6.54 Å². The number of carbonyl (C=O) groups is 3. The molecule has 2 aliphatic rings. The fraction of sp³-hybridized carbons (Fsp3) is 0.375. The van der Waals surface area contributed by atoms with Gasteiger partial charge in [-0.15, -0.1) is 0 Å². The first kappa shape index (κ1) is 23.9. The maximum atomic E-state index is 13.7. The predicted molar refractivity (Wildman–Crippen MR) is 119 cm³/mol. The van der Waals surface area contributed by atoms with Crippen molar-refractivity contribution < 1.29 is 31.9 Å². The number of nitrogens with zero attached hydrogens (tertiary/aromatic N) is 4. The summed E-state index contributed by atoms with van der Waals surface area (Å²) in [5.41, 5.74) is 0.185. The van der Waals surface area contributed by atoms with E-state index in [1.807, 2.05) is 0 Å². The number of amides is 3. The fourth-order valence-electron chi connectivity index (χ4n) is 4.70. The van der Waals surface area contributed by atoms with Crippen LogP contribution in [-0.4, -0.2) is 55.2 Å². The van der Waals surface area contributed by atoms with Gasteiger partial charge in [-0.1, -0.05) is 0 Å². The van der Waals surface area contributed by atoms with Crippen LogP contribution in [0.4, 0.5) is 22.4 Å². The number of urea groups is 1. The molecular formula is C24H21F4N5O3. The van der Waals surface area contributed by atoms with E-state index in [9.17, 15) is 31.9 Å². The first-order valence-electron chi connectivity index (χ1n) is 11.3. The maximum absolute atomic E-state index is 13.7. The van der Waals surface area contributed by atoms with Crippen molar-refractivity contribution in [3.05, 3.63) is 53.5 Å². The fourth-order valence-corrected chi connectivity index (χ4v) is 4.70. The van der Waals surface area contributed by atoms with E-state index in [0.29, 0.717) is 16.9 Å². The number of Topliss-reactive ketones (excluding diaryl/α,β-unsaturated/α-hetero) is 1. The van der Waals surface area contributed by atoms with Crippen LogP contribution >= 0.6 is 0 Å². The number of rotatable bonds is 5. The van der Waals surface area contributed by atoms with Gasteiger partial charge in [-0.2, -0.15) is 0 Å². The Morgan fingerprint density at radius 3 is 2.33 bits per heavy atom. The van der Waals surface area contributed by atoms with Gasteiger partial charge in [0.15, 0.2) is 17.3 Å². The van der Waals surface area contributed by atoms with Crippen molar-refractivity contribution in [3.63, 3.8) is 0 Å². The summed E-state index contributed by atoms with van der Waals surface area (Å²) in [6, 6.07) is 8.13. The molecule has 1 aromatic carbocycles. The van der Waals surface area contributed by atoms with E-state index in [0.717, 1.165) is 4.90 Å². The number of alkyl halides is 4. The highest BCUT2D eigenvalue weighted by Gasteiger charge is 2.55. The number of nitrogens with one attached hydrogen (secondary N) is 1. The van der Waals surface area contributed by atoms with Crippen molar-refractivity contribution in [2.24, 2.45) is 0 Å². The summed E-state index contributed by atoms with van der Waals surface area (Å²) in [6.07, 6.45) is -4.33. The molecule has 188 valence electrons. The molecule has 3 heterocycles. The molecule has 1 spiro atoms. The molecule has 1 saturated heterocycles. The Bertz CT molecular complexity index is 1380. The third-order valence-corrected chi connectivity index (χ3v) is 6.70. The minimum absolute atomic E-state index is 0.141. The highest BCUT2D eigenvalue weighted by Crippen LogP contribution is 2.41. The molecule has 36 heavy (non-hydrogen) atoms. The van der Waals surface area contributed by atoms with Gasteiger partial charge in [0, 0.05) is 29.8 Å². The van der Waals surface area contributed by atoms with Crippen molar-refractivity contribution in [2.45, 2.75) is 50.5 Å². The molecule has 0 radical (unpaired) electrons. The van der Waals surface area contributed by atoms with Gasteiger partial charge in [0.25, 0.3) is 12.3 Å². The summed E-state index contributed by atoms with van der Waals surface area (Å²) in [6.45, 7) is 1.15. The number of pyridine rings is 1. The molecule has 5 rings (SSSR count). The Labute approximate surface area is 202 Å². The molecule has 2 fully saturated rings. The number of hydrogen-bond donors (Lipinski definition) is 1. The molecule has 8 nitrogen and oxygen atoms in total. The Balaban J connectivity index is 1.37. The van der Waals surface area contributed by atoms with Gasteiger partial charge in [-0.25, -0.2) is 32.3 Å². The van der Waals surface area contributed by atoms with E-state index >= 15 is 0 Å². The van der Waals surface area contributed by atoms with Crippen molar-refractivity contribution >= 4 is 28.9 Å². The second-order valence-corrected chi connectivity index (χ2v) is 9.13. The Hall–Kier alpha value is -3.83. The van der Waals surface area contributed by atoms with Gasteiger partial charge in [0.2, 0.25) is 5.92 Å². The second kappa shape index (κ2) is 8.38. The van der Waals surface area contributed by atoms with Gasteiger partial charge < -0.3 is 5.32 Å². The molecular weight excluding hydrogens is 482 g/mol. The second-order valence-electron chi connectivity index (χ2n) is 9.13. The number of hydrogen-bond acceptors (Lipinski definition) is 5. The first-order valence-corrected chi connectivity index (χ1v) is 11.3. The zero-order valence-corrected chi connectivity index (χ0v) is 19.1. The summed E-state index contributed by atoms with van der Waals surface area (Å²) >= 11 is 0. The lowest BCUT2D eigenvalue weighted by Gasteiger charge is -2.34. The number of imidazole rings is 1. The molecule has 1 aliphatic heterocycles. The van der Waals surface area contributed by atoms with Crippen LogP contribution in [0.25, 0.3) is 16.9 Å². The largest absolute Gasteiger partial charge is 0.325 e. The number of aromatic nitrogens is 3. The quantitative estimate of drug-likeness (QED) is 0.317. The number of carbonyl (C=O) groups excluding carboxylic acids is 3. The normalized spacial score (nSPS) is 18.9. The number of aryl methyl sites for hydroxylation is 1. The van der Waals surface area contributed by atoms with Crippen LogP contribution in [0, 0.1) is 6.92 Å². The SMILES string of the molecule is Cc1ccc2nc(C(F)F)n(-c3ccc(C(=O)CN4C(=O)NC5(CCC(F)(F)CC5)C4=O)cc3)c2n1. The number of imide groups is 1. The Kier molecular flexibility index (Phi) is 5.56. The summed E-state index contributed by atoms with van der Waals surface area (Å²) in [5, 5.41) is 2.49. The molecule has 1 saturated carbocycles. The third kappa shape index (κ3) is 3.99. The predicted octanol–water partition coefficient (Wildman–Crippen LogP) is 4.35. The monoisotopic (exact) mass is 503 g/mol. The average molecular weight is 503 g/mol. The number of ketones is 1. The van der Waals surface area contributed by atoms with Crippen LogP contribution < -0.4 is 5.32 Å². The summed E-state index contributed by atoms with van der Waals surface area (Å²) in [5.74, 6) is -4.65. The van der Waals surface area contributed by atoms with Crippen molar-refractivity contribution in [3.8, 4) is 5.69 Å². The third-order valence-electron chi connectivity index (χ3n) is 6.70. The lowest BCUT2D eigenvalue weighted by atomic mass is 9.80. The van der Waals surface area contributed by atoms with Gasteiger partial charge in [-0.3, -0.25) is 19.1 Å². The van der Waals surface area contributed by atoms with E-state index in [1.54, 1.807) is 19.1 Å². The summed E-state index contributed by atoms with van der Waals surface area (Å²) in [7, 11) is 0. The molecule has 1 N–H and O–H groups in total. The molecule has 0 bridgehead atoms. The average Bonchev–Trinajstić information content (AvgIpc) is 3.32. The van der Waals surface area contributed by atoms with E-state index in [2.05, 4.69) is 15.3 Å². The lowest BCUT2D eigenvalue weighted by molar-refractivity contribution is -0.135. The zero-order chi connectivity index (χ0) is 25.8. The van der Waals surface area contributed by atoms with Gasteiger partial charge in [0.1, 0.15) is 11.1 Å². The van der Waals surface area contributed by atoms with E-state index in [-0.39, 0.29) is 24.1 Å². The lowest BCUT2D eigenvalue weighted by Crippen LogP contribution is -2.51. The minimum Gasteiger partial charge on any atom is -0.323 e. The van der Waals surface area contributed by atoms with Crippen LogP contribution in [0.1, 0.15) is 54.0 Å². The van der Waals surface area contributed by atoms with Crippen molar-refractivity contribution in [1.82, 2.24) is 24.8 Å². The van der Waals surface area contributed by atoms with E-state index in [1.165, 1.54) is 28.8 Å². The molecule has 0 unspecified atom stereocenters. The maximum Gasteiger partial charge on any atom is 0.325 e. The molecule has 0 atom stereocenters. The van der Waals surface area contributed by atoms with Crippen LogP contribution in [0.15, 0.2) is 36.4 Å². The Morgan fingerprint density at radius 1 is 1.03 bits per heavy atom. The first-order chi connectivity index (χ1) is 17.0. The molecule has 12 heteroatoms. The number of halogens is 4. The highest BCUT2D eigenvalue weighted by atomic mass is 19.3. The zero-order valence-electron chi connectivity index (χ0n) is 19.1. The van der Waals surface area contributed by atoms with Gasteiger partial charge >= 0.3 is 6.03 Å². The minimum atomic E-state index is -2.89. The summed E-state index contributed by atoms with van der Waals surface area (Å²) < 4.78 is 55.7. The molecule has 1 aliphatic carbocycles. The van der Waals surface area contributed by atoms with Crippen LogP contribution in [0.2, 0.25) is 0 Å². The van der Waals surface area contributed by atoms with Gasteiger partial charge in [0.05, 0.1) is 6.54 Å². The van der Waals surface area contributed by atoms with Crippen LogP contribution in [0.3, 0.4) is 0 Å². The standard InChI is InChI=1S/C24H21F4N5O3/c1-13-2-7-16-19(29-13)33(20(30-16)18(25)26)15-5-3-14(4-6-15)17(34)12-32-21(35)23(31-22(32)36)8-10-24(27,28)11-9-23/h2-7,18H,8-12H2,1H3,(H,31,36). The van der Waals surface area contributed by atoms with Crippen LogP contribution in [-0.2, 0) is 4.79 Å². The van der Waals surface area contributed by atoms with Crippen LogP contribution in [0.5, 0.6) is 0 Å². The van der Waals surface area contributed by atoms with E-state index in [4.69, 9.17) is 0 Å². The topological polar surface area (TPSA) is 97.2 Å². The van der Waals surface area contributed by atoms with E-state index < -0.39 is 60.8 Å².